The van der Waals surface area contributed by atoms with Crippen molar-refractivity contribution in [3.8, 4) is 0 Å². The third-order valence-electron chi connectivity index (χ3n) is 4.75. The predicted octanol–water partition coefficient (Wildman–Crippen LogP) is 2.58. The Hall–Kier alpha value is -2.08. The van der Waals surface area contributed by atoms with Crippen LogP contribution in [0, 0.1) is 5.92 Å². The van der Waals surface area contributed by atoms with Gasteiger partial charge in [0.1, 0.15) is 6.54 Å². The molecule has 0 bridgehead atoms. The third-order valence-corrected chi connectivity index (χ3v) is 4.75. The van der Waals surface area contributed by atoms with E-state index in [4.69, 9.17) is 4.74 Å². The van der Waals surface area contributed by atoms with Gasteiger partial charge in [0.25, 0.3) is 0 Å². The van der Waals surface area contributed by atoms with Crippen LogP contribution in [0.3, 0.4) is 0 Å². The number of para-hydroxylation sites is 1. The second kappa shape index (κ2) is 10.9. The number of hydrogen-bond acceptors (Lipinski definition) is 3. The van der Waals surface area contributed by atoms with Crippen LogP contribution in [0.4, 0.5) is 5.69 Å². The molecule has 1 aromatic rings. The second-order valence-corrected chi connectivity index (χ2v) is 7.07. The van der Waals surface area contributed by atoms with E-state index < -0.39 is 0 Å². The van der Waals surface area contributed by atoms with E-state index in [0.717, 1.165) is 44.8 Å². The van der Waals surface area contributed by atoms with Crippen molar-refractivity contribution in [2.24, 2.45) is 10.9 Å². The van der Waals surface area contributed by atoms with E-state index in [1.54, 1.807) is 0 Å². The molecule has 0 aliphatic carbocycles. The number of guanidine groups is 1. The Bertz CT molecular complexity index is 630. The maximum Gasteiger partial charge on any atom is 0.248 e. The quantitative estimate of drug-likeness (QED) is 0.515. The minimum Gasteiger partial charge on any atom is -0.378 e. The molecule has 6 nitrogen and oxygen atoms in total. The second-order valence-electron chi connectivity index (χ2n) is 7.07. The van der Waals surface area contributed by atoms with Gasteiger partial charge in [-0.05, 0) is 44.2 Å². The number of amides is 1. The molecule has 0 fully saturated rings. The molecule has 2 N–H and O–H groups in total. The Morgan fingerprint density at radius 3 is 2.74 bits per heavy atom. The molecule has 1 heterocycles. The summed E-state index contributed by atoms with van der Waals surface area (Å²) < 4.78 is 5.78. The van der Waals surface area contributed by atoms with Gasteiger partial charge in [-0.2, -0.15) is 0 Å². The number of anilines is 1. The summed E-state index contributed by atoms with van der Waals surface area (Å²) in [5, 5.41) is 6.53. The maximum absolute atomic E-state index is 12.6. The summed E-state index contributed by atoms with van der Waals surface area (Å²) in [5.74, 6) is 1.19. The maximum atomic E-state index is 12.6. The molecule has 1 atom stereocenters. The molecule has 1 amide bonds. The Morgan fingerprint density at radius 1 is 1.26 bits per heavy atom. The number of carbonyl (C=O) groups is 1. The summed E-state index contributed by atoms with van der Waals surface area (Å²) in [5.41, 5.74) is 2.25. The van der Waals surface area contributed by atoms with Gasteiger partial charge in [0.2, 0.25) is 5.91 Å². The van der Waals surface area contributed by atoms with Gasteiger partial charge < -0.3 is 20.3 Å². The molecule has 27 heavy (non-hydrogen) atoms. The van der Waals surface area contributed by atoms with Crippen LogP contribution in [0.2, 0.25) is 0 Å². The topological polar surface area (TPSA) is 66.0 Å². The molecule has 0 spiro atoms. The highest BCUT2D eigenvalue weighted by atomic mass is 16.5. The number of hydrogen-bond donors (Lipinski definition) is 2. The van der Waals surface area contributed by atoms with E-state index in [9.17, 15) is 4.79 Å². The third kappa shape index (κ3) is 6.24. The number of rotatable bonds is 9. The molecule has 1 aliphatic rings. The number of fused-ring (bicyclic) bond motifs is 1. The average Bonchev–Trinajstić information content (AvgIpc) is 3.09. The summed E-state index contributed by atoms with van der Waals surface area (Å²) in [6.45, 7) is 11.5. The Morgan fingerprint density at radius 2 is 2.04 bits per heavy atom. The normalized spacial score (nSPS) is 15.0. The van der Waals surface area contributed by atoms with Crippen molar-refractivity contribution in [3.63, 3.8) is 0 Å². The fourth-order valence-electron chi connectivity index (χ4n) is 3.33. The largest absolute Gasteiger partial charge is 0.378 e. The van der Waals surface area contributed by atoms with E-state index in [1.165, 1.54) is 5.56 Å². The number of carbonyl (C=O) groups excluding carboxylic acids is 1. The molecule has 1 aromatic carbocycles. The van der Waals surface area contributed by atoms with Gasteiger partial charge in [0.05, 0.1) is 6.10 Å². The Kier molecular flexibility index (Phi) is 8.58. The molecular weight excluding hydrogens is 340 g/mol. The first-order valence-electron chi connectivity index (χ1n) is 10.1. The highest BCUT2D eigenvalue weighted by molar-refractivity contribution is 5.98. The van der Waals surface area contributed by atoms with Gasteiger partial charge in [-0.1, -0.05) is 32.0 Å². The first-order chi connectivity index (χ1) is 13.1. The molecule has 1 aliphatic heterocycles. The van der Waals surface area contributed by atoms with Gasteiger partial charge in [-0.15, -0.1) is 0 Å². The van der Waals surface area contributed by atoms with Crippen molar-refractivity contribution in [2.45, 2.75) is 46.6 Å². The first-order valence-corrected chi connectivity index (χ1v) is 10.1. The zero-order valence-electron chi connectivity index (χ0n) is 17.1. The lowest BCUT2D eigenvalue weighted by atomic mass is 10.0. The van der Waals surface area contributed by atoms with Crippen molar-refractivity contribution >= 4 is 17.6 Å². The van der Waals surface area contributed by atoms with Crippen LogP contribution in [0.25, 0.3) is 0 Å². The number of ether oxygens (including phenoxy) is 1. The minimum atomic E-state index is 0.0338. The SMILES string of the molecule is CCNC(=NCC(=O)N1CCc2ccccc21)NCCC(OCC)C(C)C. The fourth-order valence-corrected chi connectivity index (χ4v) is 3.33. The molecule has 2 rings (SSSR count). The van der Waals surface area contributed by atoms with Crippen LogP contribution in [0.15, 0.2) is 29.3 Å². The van der Waals surface area contributed by atoms with Crippen molar-refractivity contribution in [3.05, 3.63) is 29.8 Å². The van der Waals surface area contributed by atoms with Crippen LogP contribution in [-0.4, -0.2) is 50.8 Å². The van der Waals surface area contributed by atoms with E-state index in [2.05, 4.69) is 35.5 Å². The zero-order chi connectivity index (χ0) is 19.6. The van der Waals surface area contributed by atoms with Gasteiger partial charge >= 0.3 is 0 Å². The molecule has 150 valence electrons. The summed E-state index contributed by atoms with van der Waals surface area (Å²) >= 11 is 0. The standard InChI is InChI=1S/C21H34N4O2/c1-5-22-21(23-13-11-19(16(3)4)27-6-2)24-15-20(26)25-14-12-17-9-7-8-10-18(17)25/h7-10,16,19H,5-6,11-15H2,1-4H3,(H2,22,23,24). The van der Waals surface area contributed by atoms with Gasteiger partial charge in [0, 0.05) is 31.9 Å². The van der Waals surface area contributed by atoms with Crippen LogP contribution in [-0.2, 0) is 16.0 Å². The van der Waals surface area contributed by atoms with Crippen LogP contribution >= 0.6 is 0 Å². The van der Waals surface area contributed by atoms with Crippen molar-refractivity contribution in [1.29, 1.82) is 0 Å². The first kappa shape index (κ1) is 21.2. The predicted molar refractivity (Wildman–Crippen MR) is 111 cm³/mol. The van der Waals surface area contributed by atoms with Crippen LogP contribution in [0.5, 0.6) is 0 Å². The summed E-state index contributed by atoms with van der Waals surface area (Å²) in [4.78, 5) is 18.9. The van der Waals surface area contributed by atoms with Crippen molar-refractivity contribution in [1.82, 2.24) is 10.6 Å². The smallest absolute Gasteiger partial charge is 0.248 e. The average molecular weight is 375 g/mol. The summed E-state index contributed by atoms with van der Waals surface area (Å²) in [7, 11) is 0. The monoisotopic (exact) mass is 374 g/mol. The van der Waals surface area contributed by atoms with E-state index in [1.807, 2.05) is 36.9 Å². The lowest BCUT2D eigenvalue weighted by molar-refractivity contribution is -0.117. The Labute approximate surface area is 163 Å². The summed E-state index contributed by atoms with van der Waals surface area (Å²) in [6.07, 6.45) is 2.05. The number of nitrogens with zero attached hydrogens (tertiary/aromatic N) is 2. The van der Waals surface area contributed by atoms with Crippen molar-refractivity contribution in [2.75, 3.05) is 37.7 Å². The van der Waals surface area contributed by atoms with Crippen molar-refractivity contribution < 1.29 is 9.53 Å². The Balaban J connectivity index is 1.88. The zero-order valence-corrected chi connectivity index (χ0v) is 17.1. The van der Waals surface area contributed by atoms with Gasteiger partial charge in [-0.25, -0.2) is 4.99 Å². The molecular formula is C21H34N4O2. The number of benzene rings is 1. The highest BCUT2D eigenvalue weighted by Gasteiger charge is 2.23. The number of aliphatic imine (C=N–C) groups is 1. The summed E-state index contributed by atoms with van der Waals surface area (Å²) in [6, 6.07) is 8.09. The minimum absolute atomic E-state index is 0.0338. The molecule has 6 heteroatoms. The van der Waals surface area contributed by atoms with E-state index in [0.29, 0.717) is 11.9 Å². The highest BCUT2D eigenvalue weighted by Crippen LogP contribution is 2.27. The van der Waals surface area contributed by atoms with E-state index in [-0.39, 0.29) is 18.6 Å². The van der Waals surface area contributed by atoms with E-state index >= 15 is 0 Å². The molecule has 1 unspecified atom stereocenters. The van der Waals surface area contributed by atoms with Crippen LogP contribution in [0.1, 0.15) is 39.7 Å². The van der Waals surface area contributed by atoms with Gasteiger partial charge in [-0.3, -0.25) is 4.79 Å². The fraction of sp³-hybridized carbons (Fsp3) is 0.619. The van der Waals surface area contributed by atoms with Gasteiger partial charge in [0.15, 0.2) is 5.96 Å². The molecule has 0 saturated carbocycles. The number of nitrogens with one attached hydrogen (secondary N) is 2. The van der Waals surface area contributed by atoms with Crippen LogP contribution < -0.4 is 15.5 Å². The lowest BCUT2D eigenvalue weighted by Gasteiger charge is -2.21. The molecule has 0 aromatic heterocycles. The lowest BCUT2D eigenvalue weighted by Crippen LogP contribution is -2.40. The molecule has 0 saturated heterocycles. The molecule has 0 radical (unpaired) electrons.